The van der Waals surface area contributed by atoms with Gasteiger partial charge in [0.25, 0.3) is 11.8 Å². The van der Waals surface area contributed by atoms with E-state index >= 15 is 4.39 Å². The second-order valence-electron chi connectivity index (χ2n) is 10.4. The number of aromatic nitrogens is 1. The lowest BCUT2D eigenvalue weighted by Crippen LogP contribution is -2.37. The highest BCUT2D eigenvalue weighted by atomic mass is 19.4. The van der Waals surface area contributed by atoms with Crippen molar-refractivity contribution in [1.29, 1.82) is 0 Å². The summed E-state index contributed by atoms with van der Waals surface area (Å²) in [5.41, 5.74) is 6.66. The van der Waals surface area contributed by atoms with Crippen LogP contribution in [0.25, 0.3) is 11.1 Å². The Labute approximate surface area is 246 Å². The molecule has 1 heterocycles. The molecule has 0 saturated carbocycles. The minimum atomic E-state index is -4.96. The Morgan fingerprint density at radius 2 is 1.56 bits per heavy atom. The van der Waals surface area contributed by atoms with Gasteiger partial charge in [0.15, 0.2) is 11.5 Å². The molecule has 3 N–H and O–H groups in total. The number of nitrogens with two attached hydrogens (primary N) is 1. The quantitative estimate of drug-likeness (QED) is 0.229. The van der Waals surface area contributed by atoms with Crippen LogP contribution >= 0.6 is 0 Å². The van der Waals surface area contributed by atoms with E-state index in [0.717, 1.165) is 29.8 Å². The fraction of sp³-hybridized carbons (Fsp3) is 0.107. The molecule has 8 nitrogen and oxygen atoms in total. The number of pyridine rings is 1. The summed E-state index contributed by atoms with van der Waals surface area (Å²) in [7, 11) is 5.00. The number of benzene rings is 3. The molecular weight excluding hydrogens is 567 g/mol. The van der Waals surface area contributed by atoms with E-state index in [1.165, 1.54) is 24.4 Å². The maximum absolute atomic E-state index is 15.8. The smallest absolute Gasteiger partial charge is 0.510 e. The van der Waals surface area contributed by atoms with Crippen molar-refractivity contribution < 1.29 is 41.4 Å². The molecule has 0 saturated heterocycles. The van der Waals surface area contributed by atoms with Gasteiger partial charge in [-0.2, -0.15) is 0 Å². The van der Waals surface area contributed by atoms with Crippen LogP contribution in [-0.2, 0) is 0 Å². The summed E-state index contributed by atoms with van der Waals surface area (Å²) in [6.45, 7) is 1.89. The first-order valence-corrected chi connectivity index (χ1v) is 12.8. The molecule has 3 aromatic carbocycles. The summed E-state index contributed by atoms with van der Waals surface area (Å²) in [6, 6.07) is 15.5. The fourth-order valence-electron chi connectivity index (χ4n) is 3.93. The van der Waals surface area contributed by atoms with Crippen LogP contribution in [0.5, 0.6) is 23.0 Å². The number of aryl methyl sites for hydroxylation is 1. The predicted molar refractivity (Wildman–Crippen MR) is 159 cm³/mol. The molecule has 0 unspecified atom stereocenters. The highest BCUT2D eigenvalue weighted by molar-refractivity contribution is 6.58. The monoisotopic (exact) mass is 591 g/mol. The zero-order valence-electron chi connectivity index (χ0n) is 23.5. The third-order valence-electron chi connectivity index (χ3n) is 5.72. The molecule has 218 valence electrons. The van der Waals surface area contributed by atoms with Crippen molar-refractivity contribution in [1.82, 2.24) is 4.98 Å². The van der Waals surface area contributed by atoms with Crippen LogP contribution in [0, 0.1) is 12.7 Å². The third kappa shape index (κ3) is 8.31. The van der Waals surface area contributed by atoms with E-state index in [1.807, 2.05) is 19.1 Å². The zero-order valence-corrected chi connectivity index (χ0v) is 23.5. The number of nitrogens with zero attached hydrogens (tertiary/aromatic N) is 1. The molecule has 4 aromatic rings. The van der Waals surface area contributed by atoms with Gasteiger partial charge in [0.05, 0.1) is 0 Å². The second-order valence-corrected chi connectivity index (χ2v) is 10.4. The Morgan fingerprint density at radius 3 is 2.19 bits per heavy atom. The number of rotatable bonds is 9. The van der Waals surface area contributed by atoms with Crippen molar-refractivity contribution in [2.45, 2.75) is 18.6 Å². The number of anilines is 1. The number of hydrogen-bond donors (Lipinski definition) is 2. The number of halogens is 4. The van der Waals surface area contributed by atoms with E-state index < -0.39 is 40.6 Å². The molecular formula is C28H24B3F4N3O5. The zero-order chi connectivity index (χ0) is 31.5. The van der Waals surface area contributed by atoms with Crippen LogP contribution < -0.4 is 25.3 Å². The van der Waals surface area contributed by atoms with E-state index in [2.05, 4.69) is 15.0 Å². The Balaban J connectivity index is 1.82. The lowest BCUT2D eigenvalue weighted by atomic mass is 9.52. The average molecular weight is 591 g/mol. The molecule has 1 aromatic heterocycles. The Hall–Kier alpha value is -4.94. The Morgan fingerprint density at radius 1 is 0.860 bits per heavy atom. The van der Waals surface area contributed by atoms with Gasteiger partial charge in [-0.15, -0.1) is 13.2 Å². The molecule has 0 fully saturated rings. The van der Waals surface area contributed by atoms with Gasteiger partial charge in [-0.3, -0.25) is 14.6 Å². The molecule has 0 aliphatic carbocycles. The van der Waals surface area contributed by atoms with E-state index in [-0.39, 0.29) is 28.6 Å². The van der Waals surface area contributed by atoms with Gasteiger partial charge in [-0.05, 0) is 54.4 Å². The van der Waals surface area contributed by atoms with E-state index in [1.54, 1.807) is 35.7 Å². The fourth-order valence-corrected chi connectivity index (χ4v) is 3.93. The number of carbonyl (C=O) groups excluding carboxylic acids is 2. The Kier molecular flexibility index (Phi) is 8.74. The third-order valence-corrected chi connectivity index (χ3v) is 5.72. The van der Waals surface area contributed by atoms with Gasteiger partial charge < -0.3 is 25.3 Å². The maximum atomic E-state index is 15.8. The molecule has 0 aliphatic rings. The van der Waals surface area contributed by atoms with Crippen LogP contribution in [0.4, 0.5) is 23.2 Å². The molecule has 0 bridgehead atoms. The number of amides is 2. The molecule has 0 spiro atoms. The van der Waals surface area contributed by atoms with E-state index in [4.69, 9.17) is 15.2 Å². The van der Waals surface area contributed by atoms with E-state index in [0.29, 0.717) is 11.1 Å². The summed E-state index contributed by atoms with van der Waals surface area (Å²) < 4.78 is 70.4. The Bertz CT molecular complexity index is 1680. The van der Waals surface area contributed by atoms with Gasteiger partial charge in [0.1, 0.15) is 52.1 Å². The lowest BCUT2D eigenvalue weighted by Gasteiger charge is -2.25. The average Bonchev–Trinajstić information content (AvgIpc) is 2.88. The van der Waals surface area contributed by atoms with Crippen LogP contribution in [0.15, 0.2) is 72.9 Å². The van der Waals surface area contributed by atoms with Crippen LogP contribution in [-0.4, -0.2) is 52.0 Å². The van der Waals surface area contributed by atoms with Crippen molar-refractivity contribution in [2.75, 3.05) is 5.32 Å². The lowest BCUT2D eigenvalue weighted by molar-refractivity contribution is -0.274. The standard InChI is InChI=1S/C28H24B3F4N3O5/c1-14-2-4-15(5-3-14)16-10-19(32)24(26(40)38-17-8-9-37-20(12-17)25(36)39)23(11-16)41-21-7-6-18(42-28(33,34)35)13-22(21)43-27(29,30)31/h2-13H,29-31H2,1H3,(H2,36,39)(H,37,38,40). The molecule has 4 rings (SSSR count). The topological polar surface area (TPSA) is 113 Å². The van der Waals surface area contributed by atoms with Gasteiger partial charge in [0, 0.05) is 23.2 Å². The minimum Gasteiger partial charge on any atom is -0.510 e. The number of ether oxygens (including phenoxy) is 3. The maximum Gasteiger partial charge on any atom is 0.573 e. The number of hydrogen-bond acceptors (Lipinski definition) is 6. The molecule has 0 radical (unpaired) electrons. The molecule has 15 heteroatoms. The first-order chi connectivity index (χ1) is 20.1. The minimum absolute atomic E-state index is 0.104. The number of nitrogens with one attached hydrogen (secondary N) is 1. The second kappa shape index (κ2) is 12.1. The summed E-state index contributed by atoms with van der Waals surface area (Å²) in [6.07, 6.45) is -3.72. The highest BCUT2D eigenvalue weighted by Crippen LogP contribution is 2.40. The van der Waals surface area contributed by atoms with Crippen molar-refractivity contribution >= 4 is 41.0 Å². The molecule has 43 heavy (non-hydrogen) atoms. The molecule has 2 amide bonds. The summed E-state index contributed by atoms with van der Waals surface area (Å²) in [4.78, 5) is 28.7. The highest BCUT2D eigenvalue weighted by Gasteiger charge is 2.32. The van der Waals surface area contributed by atoms with Gasteiger partial charge in [-0.1, -0.05) is 29.8 Å². The van der Waals surface area contributed by atoms with Crippen molar-refractivity contribution in [3.05, 3.63) is 95.6 Å². The first kappa shape index (κ1) is 31.0. The largest absolute Gasteiger partial charge is 0.573 e. The van der Waals surface area contributed by atoms with Crippen molar-refractivity contribution in [3.63, 3.8) is 0 Å². The van der Waals surface area contributed by atoms with E-state index in [9.17, 15) is 22.8 Å². The SMILES string of the molecule is BC(B)(B)Oc1cc(OC(F)(F)F)ccc1Oc1cc(-c2ccc(C)cc2)cc(F)c1C(=O)Nc1ccnc(C(N)=O)c1. The first-order valence-electron chi connectivity index (χ1n) is 12.8. The van der Waals surface area contributed by atoms with Crippen LogP contribution in [0.3, 0.4) is 0 Å². The van der Waals surface area contributed by atoms with Crippen LogP contribution in [0.1, 0.15) is 26.4 Å². The van der Waals surface area contributed by atoms with Gasteiger partial charge in [-0.25, -0.2) is 4.39 Å². The summed E-state index contributed by atoms with van der Waals surface area (Å²) in [5, 5.41) is 1.61. The molecule has 0 atom stereocenters. The normalized spacial score (nSPS) is 11.5. The number of primary amides is 1. The van der Waals surface area contributed by atoms with Crippen LogP contribution in [0.2, 0.25) is 0 Å². The van der Waals surface area contributed by atoms with Gasteiger partial charge >= 0.3 is 6.36 Å². The van der Waals surface area contributed by atoms with Gasteiger partial charge in [0.2, 0.25) is 0 Å². The number of carbonyl (C=O) groups is 2. The summed E-state index contributed by atoms with van der Waals surface area (Å²) in [5.74, 6) is -3.83. The number of alkyl halides is 3. The van der Waals surface area contributed by atoms with Crippen molar-refractivity contribution in [2.24, 2.45) is 5.73 Å². The summed E-state index contributed by atoms with van der Waals surface area (Å²) >= 11 is 0. The predicted octanol–water partition coefficient (Wildman–Crippen LogP) is 3.13. The molecule has 0 aliphatic heterocycles. The van der Waals surface area contributed by atoms with Crippen molar-refractivity contribution in [3.8, 4) is 34.1 Å².